The van der Waals surface area contributed by atoms with Gasteiger partial charge in [0.25, 0.3) is 0 Å². The van der Waals surface area contributed by atoms with E-state index in [1.54, 1.807) is 16.9 Å². The minimum Gasteiger partial charge on any atom is -0.271 e. The number of hydrogen-bond donors (Lipinski definition) is 2. The third kappa shape index (κ3) is 2.51. The molecule has 0 amide bonds. The van der Waals surface area contributed by atoms with Gasteiger partial charge in [-0.15, -0.1) is 0 Å². The number of hydrogen-bond acceptors (Lipinski definition) is 3. The fraction of sp³-hybridized carbons (Fsp3) is 0.133. The summed E-state index contributed by atoms with van der Waals surface area (Å²) in [6, 6.07) is 8.99. The molecule has 3 N–H and O–H groups in total. The van der Waals surface area contributed by atoms with Gasteiger partial charge in [0.15, 0.2) is 0 Å². The van der Waals surface area contributed by atoms with Crippen LogP contribution in [0.25, 0.3) is 5.52 Å². The van der Waals surface area contributed by atoms with Crippen molar-refractivity contribution in [1.29, 1.82) is 0 Å². The number of hydrazine groups is 1. The van der Waals surface area contributed by atoms with Crippen LogP contribution >= 0.6 is 0 Å². The SMILES string of the molecule is NNC(Cc1c(F)cccc1F)c1cnn2ccccc12. The lowest BCUT2D eigenvalue weighted by Crippen LogP contribution is -2.30. The average Bonchev–Trinajstić information content (AvgIpc) is 2.91. The minimum absolute atomic E-state index is 0.00994. The van der Waals surface area contributed by atoms with E-state index in [2.05, 4.69) is 10.5 Å². The number of benzene rings is 1. The molecule has 2 heterocycles. The normalized spacial score (nSPS) is 12.7. The second-order valence-electron chi connectivity index (χ2n) is 4.75. The van der Waals surface area contributed by atoms with Crippen molar-refractivity contribution in [1.82, 2.24) is 15.0 Å². The van der Waals surface area contributed by atoms with Crippen molar-refractivity contribution in [3.63, 3.8) is 0 Å². The Hall–Kier alpha value is -2.31. The smallest absolute Gasteiger partial charge is 0.129 e. The van der Waals surface area contributed by atoms with Crippen LogP contribution in [0.2, 0.25) is 0 Å². The van der Waals surface area contributed by atoms with Crippen LogP contribution in [0.4, 0.5) is 8.78 Å². The van der Waals surface area contributed by atoms with Crippen LogP contribution < -0.4 is 11.3 Å². The number of nitrogens with zero attached hydrogens (tertiary/aromatic N) is 2. The zero-order valence-electron chi connectivity index (χ0n) is 11.1. The van der Waals surface area contributed by atoms with Crippen molar-refractivity contribution in [2.24, 2.45) is 5.84 Å². The van der Waals surface area contributed by atoms with Gasteiger partial charge in [-0.1, -0.05) is 12.1 Å². The maximum absolute atomic E-state index is 13.8. The fourth-order valence-electron chi connectivity index (χ4n) is 2.41. The van der Waals surface area contributed by atoms with E-state index in [1.807, 2.05) is 18.2 Å². The Morgan fingerprint density at radius 2 is 1.90 bits per heavy atom. The van der Waals surface area contributed by atoms with E-state index in [0.29, 0.717) is 0 Å². The molecule has 1 unspecified atom stereocenters. The maximum Gasteiger partial charge on any atom is 0.129 e. The number of nitrogens with one attached hydrogen (secondary N) is 1. The van der Waals surface area contributed by atoms with Crippen molar-refractivity contribution in [2.45, 2.75) is 12.5 Å². The van der Waals surface area contributed by atoms with Gasteiger partial charge in [0.1, 0.15) is 11.6 Å². The summed E-state index contributed by atoms with van der Waals surface area (Å²) in [6.07, 6.45) is 3.56. The molecule has 0 saturated heterocycles. The van der Waals surface area contributed by atoms with Crippen LogP contribution in [0, 0.1) is 11.6 Å². The lowest BCUT2D eigenvalue weighted by molar-refractivity contribution is 0.501. The van der Waals surface area contributed by atoms with Gasteiger partial charge in [0, 0.05) is 17.3 Å². The summed E-state index contributed by atoms with van der Waals surface area (Å²) in [5.41, 5.74) is 4.26. The van der Waals surface area contributed by atoms with Gasteiger partial charge in [-0.25, -0.2) is 13.3 Å². The first-order valence-corrected chi connectivity index (χ1v) is 6.52. The van der Waals surface area contributed by atoms with Crippen LogP contribution in [0.15, 0.2) is 48.8 Å². The number of pyridine rings is 1. The second kappa shape index (κ2) is 5.59. The molecule has 1 aromatic carbocycles. The third-order valence-corrected chi connectivity index (χ3v) is 3.50. The third-order valence-electron chi connectivity index (χ3n) is 3.50. The molecule has 0 aliphatic rings. The molecule has 21 heavy (non-hydrogen) atoms. The maximum atomic E-state index is 13.8. The molecular weight excluding hydrogens is 274 g/mol. The highest BCUT2D eigenvalue weighted by Crippen LogP contribution is 2.24. The summed E-state index contributed by atoms with van der Waals surface area (Å²) in [4.78, 5) is 0. The zero-order chi connectivity index (χ0) is 14.8. The Morgan fingerprint density at radius 3 is 2.62 bits per heavy atom. The topological polar surface area (TPSA) is 55.3 Å². The van der Waals surface area contributed by atoms with Crippen molar-refractivity contribution >= 4 is 5.52 Å². The van der Waals surface area contributed by atoms with Gasteiger partial charge in [-0.2, -0.15) is 5.10 Å². The molecule has 4 nitrogen and oxygen atoms in total. The molecule has 1 atom stereocenters. The van der Waals surface area contributed by atoms with Crippen molar-refractivity contribution in [2.75, 3.05) is 0 Å². The molecule has 0 fully saturated rings. The first kappa shape index (κ1) is 13.7. The number of rotatable bonds is 4. The van der Waals surface area contributed by atoms with Gasteiger partial charge in [0.05, 0.1) is 17.8 Å². The van der Waals surface area contributed by atoms with Gasteiger partial charge in [-0.05, 0) is 30.7 Å². The molecule has 0 spiro atoms. The Labute approximate surface area is 120 Å². The Balaban J connectivity index is 1.99. The first-order valence-electron chi connectivity index (χ1n) is 6.52. The van der Waals surface area contributed by atoms with Crippen LogP contribution in [0.1, 0.15) is 17.2 Å². The summed E-state index contributed by atoms with van der Waals surface area (Å²) in [5, 5.41) is 4.21. The lowest BCUT2D eigenvalue weighted by Gasteiger charge is -2.16. The predicted molar refractivity (Wildman–Crippen MR) is 75.3 cm³/mol. The van der Waals surface area contributed by atoms with Gasteiger partial charge in [-0.3, -0.25) is 11.3 Å². The number of fused-ring (bicyclic) bond motifs is 1. The molecular formula is C15H14F2N4. The van der Waals surface area contributed by atoms with Crippen molar-refractivity contribution in [3.8, 4) is 0 Å². The van der Waals surface area contributed by atoms with Gasteiger partial charge in [0.2, 0.25) is 0 Å². The van der Waals surface area contributed by atoms with Crippen LogP contribution in [0.5, 0.6) is 0 Å². The van der Waals surface area contributed by atoms with E-state index in [1.165, 1.54) is 18.2 Å². The standard InChI is InChI=1S/C15H14F2N4/c16-12-4-3-5-13(17)10(12)8-14(20-18)11-9-19-21-7-2-1-6-15(11)21/h1-7,9,14,20H,8,18H2. The summed E-state index contributed by atoms with van der Waals surface area (Å²) in [6.45, 7) is 0. The molecule has 0 aliphatic carbocycles. The number of nitrogens with two attached hydrogens (primary N) is 1. The van der Waals surface area contributed by atoms with Crippen molar-refractivity contribution < 1.29 is 8.78 Å². The first-order chi connectivity index (χ1) is 10.2. The molecule has 0 bridgehead atoms. The van der Waals surface area contributed by atoms with Crippen LogP contribution in [-0.4, -0.2) is 9.61 Å². The number of halogens is 2. The van der Waals surface area contributed by atoms with Crippen molar-refractivity contribution in [3.05, 3.63) is 71.6 Å². The zero-order valence-corrected chi connectivity index (χ0v) is 11.1. The quantitative estimate of drug-likeness (QED) is 0.572. The van der Waals surface area contributed by atoms with E-state index in [-0.39, 0.29) is 12.0 Å². The molecule has 2 aromatic heterocycles. The molecule has 0 saturated carbocycles. The predicted octanol–water partition coefficient (Wildman–Crippen LogP) is 2.36. The van der Waals surface area contributed by atoms with Crippen LogP contribution in [0.3, 0.4) is 0 Å². The van der Waals surface area contributed by atoms with E-state index in [0.717, 1.165) is 11.1 Å². The lowest BCUT2D eigenvalue weighted by atomic mass is 9.99. The fourth-order valence-corrected chi connectivity index (χ4v) is 2.41. The largest absolute Gasteiger partial charge is 0.271 e. The molecule has 0 radical (unpaired) electrons. The van der Waals surface area contributed by atoms with E-state index in [4.69, 9.17) is 5.84 Å². The summed E-state index contributed by atoms with van der Waals surface area (Å²) in [5.74, 6) is 4.42. The Kier molecular flexibility index (Phi) is 3.64. The highest BCUT2D eigenvalue weighted by molar-refractivity contribution is 5.55. The molecule has 0 aliphatic heterocycles. The summed E-state index contributed by atoms with van der Waals surface area (Å²) >= 11 is 0. The highest BCUT2D eigenvalue weighted by Gasteiger charge is 2.19. The highest BCUT2D eigenvalue weighted by atomic mass is 19.1. The van der Waals surface area contributed by atoms with E-state index < -0.39 is 17.7 Å². The molecule has 3 rings (SSSR count). The average molecular weight is 288 g/mol. The Bertz CT molecular complexity index is 749. The molecule has 3 aromatic rings. The molecule has 6 heteroatoms. The van der Waals surface area contributed by atoms with Crippen LogP contribution in [-0.2, 0) is 6.42 Å². The monoisotopic (exact) mass is 288 g/mol. The second-order valence-corrected chi connectivity index (χ2v) is 4.75. The Morgan fingerprint density at radius 1 is 1.14 bits per heavy atom. The summed E-state index contributed by atoms with van der Waals surface area (Å²) in [7, 11) is 0. The minimum atomic E-state index is -0.577. The van der Waals surface area contributed by atoms with Gasteiger partial charge >= 0.3 is 0 Å². The van der Waals surface area contributed by atoms with E-state index in [9.17, 15) is 8.78 Å². The van der Waals surface area contributed by atoms with E-state index >= 15 is 0 Å². The summed E-state index contributed by atoms with van der Waals surface area (Å²) < 4.78 is 29.2. The molecule has 108 valence electrons. The van der Waals surface area contributed by atoms with Gasteiger partial charge < -0.3 is 0 Å². The number of aromatic nitrogens is 2.